The number of anilines is 2. The van der Waals surface area contributed by atoms with Crippen molar-refractivity contribution in [2.75, 3.05) is 11.1 Å². The molecule has 10 heteroatoms. The van der Waals surface area contributed by atoms with Gasteiger partial charge in [-0.05, 0) is 12.8 Å². The summed E-state index contributed by atoms with van der Waals surface area (Å²) in [7, 11) is 0. The minimum absolute atomic E-state index is 0.127. The predicted octanol–water partition coefficient (Wildman–Crippen LogP) is 1.03. The quantitative estimate of drug-likeness (QED) is 0.663. The number of amides is 2. The second kappa shape index (κ2) is 4.27. The first-order chi connectivity index (χ1) is 9.09. The molecular formula is C10H11F3N4O2S. The molecule has 6 nitrogen and oxygen atoms in total. The fraction of sp³-hybridized carbons (Fsp3) is 0.400. The smallest absolute Gasteiger partial charge is 0.397 e. The van der Waals surface area contributed by atoms with Crippen LogP contribution in [0.1, 0.15) is 32.9 Å². The van der Waals surface area contributed by atoms with E-state index in [-0.39, 0.29) is 34.0 Å². The van der Waals surface area contributed by atoms with E-state index in [4.69, 9.17) is 17.2 Å². The third kappa shape index (κ3) is 2.15. The zero-order valence-corrected chi connectivity index (χ0v) is 10.8. The average Bonchev–Trinajstić information content (AvgIpc) is 2.97. The van der Waals surface area contributed by atoms with Crippen LogP contribution < -0.4 is 22.5 Å². The molecule has 0 saturated heterocycles. The van der Waals surface area contributed by atoms with Crippen molar-refractivity contribution < 1.29 is 22.8 Å². The maximum Gasteiger partial charge on any atom is 0.411 e. The number of carbonyl (C=O) groups excluding carboxylic acids is 2. The fourth-order valence-electron chi connectivity index (χ4n) is 1.78. The Kier molecular flexibility index (Phi) is 3.08. The van der Waals surface area contributed by atoms with Crippen LogP contribution in [0.4, 0.5) is 23.9 Å². The largest absolute Gasteiger partial charge is 0.411 e. The lowest BCUT2D eigenvalue weighted by Gasteiger charge is -2.21. The van der Waals surface area contributed by atoms with Gasteiger partial charge in [-0.1, -0.05) is 0 Å². The molecule has 0 unspecified atom stereocenters. The van der Waals surface area contributed by atoms with Crippen molar-refractivity contribution in [3.05, 3.63) is 10.4 Å². The summed E-state index contributed by atoms with van der Waals surface area (Å²) in [5, 5.41) is 2.06. The number of primary amides is 2. The van der Waals surface area contributed by atoms with Crippen LogP contribution in [0.25, 0.3) is 0 Å². The molecule has 7 N–H and O–H groups in total. The third-order valence-electron chi connectivity index (χ3n) is 3.06. The number of halogens is 3. The molecule has 2 rings (SSSR count). The van der Waals surface area contributed by atoms with Crippen LogP contribution in [0.3, 0.4) is 0 Å². The van der Waals surface area contributed by atoms with E-state index in [0.717, 1.165) is 0 Å². The van der Waals surface area contributed by atoms with Crippen molar-refractivity contribution in [3.8, 4) is 0 Å². The fourth-order valence-corrected chi connectivity index (χ4v) is 2.86. The number of rotatable bonds is 4. The highest BCUT2D eigenvalue weighted by atomic mass is 32.1. The minimum atomic E-state index is -4.48. The molecule has 0 aliphatic heterocycles. The number of nitrogens with two attached hydrogens (primary N) is 3. The van der Waals surface area contributed by atoms with Crippen molar-refractivity contribution >= 4 is 33.8 Å². The molecule has 1 heterocycles. The zero-order chi connectivity index (χ0) is 15.3. The minimum Gasteiger partial charge on any atom is -0.397 e. The van der Waals surface area contributed by atoms with Crippen LogP contribution in [0.2, 0.25) is 0 Å². The second-order valence-corrected chi connectivity index (χ2v) is 5.50. The van der Waals surface area contributed by atoms with Crippen LogP contribution in [0, 0.1) is 0 Å². The van der Waals surface area contributed by atoms with Gasteiger partial charge in [-0.25, -0.2) is 0 Å². The van der Waals surface area contributed by atoms with E-state index < -0.39 is 23.5 Å². The van der Waals surface area contributed by atoms with Gasteiger partial charge in [0.15, 0.2) is 0 Å². The summed E-state index contributed by atoms with van der Waals surface area (Å²) in [6, 6.07) is 0. The Balaban J connectivity index is 2.45. The first kappa shape index (κ1) is 14.4. The van der Waals surface area contributed by atoms with Gasteiger partial charge in [-0.15, -0.1) is 11.3 Å². The zero-order valence-electron chi connectivity index (χ0n) is 10.0. The van der Waals surface area contributed by atoms with Crippen molar-refractivity contribution in [1.82, 2.24) is 0 Å². The van der Waals surface area contributed by atoms with Gasteiger partial charge in [0, 0.05) is 0 Å². The number of hydrogen-bond acceptors (Lipinski definition) is 5. The van der Waals surface area contributed by atoms with Crippen molar-refractivity contribution in [2.45, 2.75) is 24.6 Å². The van der Waals surface area contributed by atoms with Crippen LogP contribution in [-0.4, -0.2) is 23.5 Å². The van der Waals surface area contributed by atoms with Crippen LogP contribution in [0.5, 0.6) is 0 Å². The van der Waals surface area contributed by atoms with Crippen LogP contribution in [0.15, 0.2) is 0 Å². The summed E-state index contributed by atoms with van der Waals surface area (Å²) in [5.74, 6) is -1.95. The number of hydrogen-bond donors (Lipinski definition) is 4. The summed E-state index contributed by atoms with van der Waals surface area (Å²) >= 11 is 0.594. The Morgan fingerprint density at radius 3 is 2.10 bits per heavy atom. The normalized spacial score (nSPS) is 16.8. The Bertz CT molecular complexity index is 592. The molecule has 1 aromatic heterocycles. The Hall–Kier alpha value is -1.97. The number of carbonyl (C=O) groups is 2. The third-order valence-corrected chi connectivity index (χ3v) is 4.20. The lowest BCUT2D eigenvalue weighted by Crippen LogP contribution is -2.38. The molecule has 2 amide bonds. The number of nitrogen functional groups attached to an aromatic ring is 1. The van der Waals surface area contributed by atoms with E-state index in [0.29, 0.717) is 11.3 Å². The van der Waals surface area contributed by atoms with Crippen LogP contribution in [-0.2, 0) is 0 Å². The average molecular weight is 308 g/mol. The molecule has 0 spiro atoms. The molecule has 110 valence electrons. The molecule has 0 aromatic carbocycles. The predicted molar refractivity (Wildman–Crippen MR) is 67.4 cm³/mol. The summed E-state index contributed by atoms with van der Waals surface area (Å²) in [6.07, 6.45) is -4.73. The van der Waals surface area contributed by atoms with Gasteiger partial charge < -0.3 is 22.5 Å². The van der Waals surface area contributed by atoms with E-state index in [1.54, 1.807) is 0 Å². The molecule has 1 aliphatic carbocycles. The molecule has 1 fully saturated rings. The molecule has 1 aromatic rings. The van der Waals surface area contributed by atoms with Gasteiger partial charge in [0.2, 0.25) is 0 Å². The summed E-state index contributed by atoms with van der Waals surface area (Å²) in [6.45, 7) is 0. The molecule has 1 aliphatic rings. The Labute approximate surface area is 115 Å². The standard InChI is InChI=1S/C10H11F3N4O2S/c11-10(12,13)9(1-2-9)17-8-3(6(15)18)4(14)5(20-8)7(16)19/h17H,1-2,14H2,(H2,15,18)(H2,16,19). The lowest BCUT2D eigenvalue weighted by atomic mass is 10.2. The van der Waals surface area contributed by atoms with Crippen molar-refractivity contribution in [3.63, 3.8) is 0 Å². The first-order valence-electron chi connectivity index (χ1n) is 5.46. The maximum absolute atomic E-state index is 12.9. The number of alkyl halides is 3. The number of thiophene rings is 1. The monoisotopic (exact) mass is 308 g/mol. The van der Waals surface area contributed by atoms with Crippen LogP contribution >= 0.6 is 11.3 Å². The molecule has 0 radical (unpaired) electrons. The van der Waals surface area contributed by atoms with Gasteiger partial charge in [0.25, 0.3) is 11.8 Å². The topological polar surface area (TPSA) is 124 Å². The van der Waals surface area contributed by atoms with Crippen molar-refractivity contribution in [2.24, 2.45) is 11.5 Å². The van der Waals surface area contributed by atoms with Gasteiger partial charge in [-0.3, -0.25) is 9.59 Å². The molecule has 0 bridgehead atoms. The maximum atomic E-state index is 12.9. The highest BCUT2D eigenvalue weighted by Crippen LogP contribution is 2.52. The van der Waals surface area contributed by atoms with Gasteiger partial charge in [0.05, 0.1) is 11.3 Å². The molecular weight excluding hydrogens is 297 g/mol. The SMILES string of the molecule is NC(=O)c1sc(NC2(C(F)(F)F)CC2)c(C(N)=O)c1N. The van der Waals surface area contributed by atoms with E-state index in [2.05, 4.69) is 5.32 Å². The second-order valence-electron chi connectivity index (χ2n) is 4.48. The summed E-state index contributed by atoms with van der Waals surface area (Å²) in [5.41, 5.74) is 13.0. The van der Waals surface area contributed by atoms with Gasteiger partial charge in [0.1, 0.15) is 15.4 Å². The van der Waals surface area contributed by atoms with E-state index in [9.17, 15) is 22.8 Å². The van der Waals surface area contributed by atoms with E-state index in [1.165, 1.54) is 0 Å². The number of nitrogens with one attached hydrogen (secondary N) is 1. The van der Waals surface area contributed by atoms with E-state index >= 15 is 0 Å². The Morgan fingerprint density at radius 1 is 1.20 bits per heavy atom. The van der Waals surface area contributed by atoms with Crippen molar-refractivity contribution in [1.29, 1.82) is 0 Å². The molecule has 1 saturated carbocycles. The molecule has 20 heavy (non-hydrogen) atoms. The summed E-state index contributed by atoms with van der Waals surface area (Å²) in [4.78, 5) is 22.3. The highest BCUT2D eigenvalue weighted by molar-refractivity contribution is 7.19. The summed E-state index contributed by atoms with van der Waals surface area (Å²) < 4.78 is 38.7. The Morgan fingerprint density at radius 2 is 1.75 bits per heavy atom. The van der Waals surface area contributed by atoms with Gasteiger partial charge >= 0.3 is 6.18 Å². The highest BCUT2D eigenvalue weighted by Gasteiger charge is 2.64. The molecule has 0 atom stereocenters. The van der Waals surface area contributed by atoms with Gasteiger partial charge in [-0.2, -0.15) is 13.2 Å². The van der Waals surface area contributed by atoms with E-state index in [1.807, 2.05) is 0 Å². The first-order valence-corrected chi connectivity index (χ1v) is 6.27. The lowest BCUT2D eigenvalue weighted by molar-refractivity contribution is -0.151.